The summed E-state index contributed by atoms with van der Waals surface area (Å²) < 4.78 is 1.66. The van der Waals surface area contributed by atoms with Gasteiger partial charge in [0.15, 0.2) is 0 Å². The van der Waals surface area contributed by atoms with Crippen LogP contribution < -0.4 is 5.32 Å². The molecule has 6 nitrogen and oxygen atoms in total. The second-order valence-corrected chi connectivity index (χ2v) is 7.44. The van der Waals surface area contributed by atoms with E-state index in [1.165, 1.54) is 22.2 Å². The SMILES string of the molecule is Cc1cc(NC(=O)CSc2ncnc3sc(C)c(C)c23)n(C)n1. The predicted octanol–water partition coefficient (Wildman–Crippen LogP) is 3.08. The molecular formula is C15H17N5OS2. The molecule has 0 atom stereocenters. The number of hydrogen-bond acceptors (Lipinski definition) is 6. The highest BCUT2D eigenvalue weighted by molar-refractivity contribution is 8.00. The van der Waals surface area contributed by atoms with Gasteiger partial charge in [0.25, 0.3) is 0 Å². The fraction of sp³-hybridized carbons (Fsp3) is 0.333. The highest BCUT2D eigenvalue weighted by atomic mass is 32.2. The normalized spacial score (nSPS) is 11.1. The molecule has 0 unspecified atom stereocenters. The number of thiophene rings is 1. The van der Waals surface area contributed by atoms with Crippen molar-refractivity contribution in [3.05, 3.63) is 28.5 Å². The third kappa shape index (κ3) is 3.23. The first-order valence-electron chi connectivity index (χ1n) is 7.09. The molecule has 0 saturated carbocycles. The van der Waals surface area contributed by atoms with Crippen molar-refractivity contribution in [1.29, 1.82) is 0 Å². The number of hydrogen-bond donors (Lipinski definition) is 1. The van der Waals surface area contributed by atoms with Crippen molar-refractivity contribution in [3.63, 3.8) is 0 Å². The standard InChI is InChI=1S/C15H17N5OS2/c1-8-5-11(20(4)19-8)18-12(21)6-22-14-13-9(2)10(3)23-15(13)17-7-16-14/h5,7H,6H2,1-4H3,(H,18,21). The Bertz CT molecular complexity index is 884. The summed E-state index contributed by atoms with van der Waals surface area (Å²) in [7, 11) is 1.81. The highest BCUT2D eigenvalue weighted by Crippen LogP contribution is 2.34. The maximum Gasteiger partial charge on any atom is 0.235 e. The number of carbonyl (C=O) groups excluding carboxylic acids is 1. The lowest BCUT2D eigenvalue weighted by atomic mass is 10.2. The van der Waals surface area contributed by atoms with Gasteiger partial charge in [0.2, 0.25) is 5.91 Å². The van der Waals surface area contributed by atoms with Crippen molar-refractivity contribution in [2.45, 2.75) is 25.8 Å². The van der Waals surface area contributed by atoms with Crippen LogP contribution in [0, 0.1) is 20.8 Å². The molecule has 0 aliphatic heterocycles. The number of aryl methyl sites for hydroxylation is 4. The molecule has 0 radical (unpaired) electrons. The molecule has 0 saturated heterocycles. The van der Waals surface area contributed by atoms with Gasteiger partial charge in [-0.15, -0.1) is 11.3 Å². The van der Waals surface area contributed by atoms with Gasteiger partial charge in [-0.05, 0) is 26.3 Å². The first kappa shape index (κ1) is 15.9. The topological polar surface area (TPSA) is 72.7 Å². The average molecular weight is 347 g/mol. The molecule has 0 bridgehead atoms. The highest BCUT2D eigenvalue weighted by Gasteiger charge is 2.14. The van der Waals surface area contributed by atoms with Gasteiger partial charge >= 0.3 is 0 Å². The smallest absolute Gasteiger partial charge is 0.235 e. The Hall–Kier alpha value is -1.93. The molecule has 3 rings (SSSR count). The Kier molecular flexibility index (Phi) is 4.36. The Morgan fingerprint density at radius 1 is 1.35 bits per heavy atom. The van der Waals surface area contributed by atoms with Gasteiger partial charge < -0.3 is 5.32 Å². The van der Waals surface area contributed by atoms with E-state index >= 15 is 0 Å². The zero-order valence-electron chi connectivity index (χ0n) is 13.4. The van der Waals surface area contributed by atoms with Crippen molar-refractivity contribution in [3.8, 4) is 0 Å². The molecule has 0 aliphatic carbocycles. The Morgan fingerprint density at radius 2 is 2.13 bits per heavy atom. The summed E-state index contributed by atoms with van der Waals surface area (Å²) in [6.45, 7) is 6.04. The van der Waals surface area contributed by atoms with Crippen LogP contribution in [0.25, 0.3) is 10.2 Å². The largest absolute Gasteiger partial charge is 0.310 e. The molecule has 8 heteroatoms. The second kappa shape index (κ2) is 6.29. The first-order valence-corrected chi connectivity index (χ1v) is 8.90. The van der Waals surface area contributed by atoms with Gasteiger partial charge in [-0.25, -0.2) is 9.97 Å². The average Bonchev–Trinajstić information content (AvgIpc) is 2.97. The summed E-state index contributed by atoms with van der Waals surface area (Å²) in [5.41, 5.74) is 2.06. The van der Waals surface area contributed by atoms with Crippen LogP contribution in [-0.4, -0.2) is 31.4 Å². The molecule has 0 aromatic carbocycles. The monoisotopic (exact) mass is 347 g/mol. The van der Waals surface area contributed by atoms with Crippen LogP contribution in [-0.2, 0) is 11.8 Å². The lowest BCUT2D eigenvalue weighted by Crippen LogP contribution is -2.16. The molecule has 3 aromatic rings. The van der Waals surface area contributed by atoms with E-state index < -0.39 is 0 Å². The second-order valence-electron chi connectivity index (χ2n) is 5.27. The summed E-state index contributed by atoms with van der Waals surface area (Å²) in [5, 5.41) is 9.00. The minimum Gasteiger partial charge on any atom is -0.310 e. The van der Waals surface area contributed by atoms with Crippen LogP contribution in [0.3, 0.4) is 0 Å². The quantitative estimate of drug-likeness (QED) is 0.580. The summed E-state index contributed by atoms with van der Waals surface area (Å²) in [5.74, 6) is 0.919. The number of nitrogens with zero attached hydrogens (tertiary/aromatic N) is 4. The number of amides is 1. The molecule has 0 fully saturated rings. The van der Waals surface area contributed by atoms with Gasteiger partial charge in [-0.1, -0.05) is 11.8 Å². The Balaban J connectivity index is 1.73. The lowest BCUT2D eigenvalue weighted by molar-refractivity contribution is -0.113. The van der Waals surface area contributed by atoms with Gasteiger partial charge in [0.1, 0.15) is 22.0 Å². The molecule has 3 heterocycles. The van der Waals surface area contributed by atoms with Crippen molar-refractivity contribution in [2.75, 3.05) is 11.1 Å². The van der Waals surface area contributed by atoms with Crippen LogP contribution in [0.4, 0.5) is 5.82 Å². The van der Waals surface area contributed by atoms with Gasteiger partial charge in [0, 0.05) is 23.4 Å². The lowest BCUT2D eigenvalue weighted by Gasteiger charge is -2.05. The van der Waals surface area contributed by atoms with E-state index in [9.17, 15) is 4.79 Å². The summed E-state index contributed by atoms with van der Waals surface area (Å²) in [6.07, 6.45) is 1.56. The number of aromatic nitrogens is 4. The minimum atomic E-state index is -0.0747. The van der Waals surface area contributed by atoms with Crippen LogP contribution >= 0.6 is 23.1 Å². The van der Waals surface area contributed by atoms with Gasteiger partial charge in [0.05, 0.1) is 11.4 Å². The van der Waals surface area contributed by atoms with Crippen molar-refractivity contribution >= 4 is 45.0 Å². The maximum atomic E-state index is 12.2. The molecule has 3 aromatic heterocycles. The molecule has 1 amide bonds. The molecule has 23 heavy (non-hydrogen) atoms. The van der Waals surface area contributed by atoms with E-state index in [-0.39, 0.29) is 5.91 Å². The molecular weight excluding hydrogens is 330 g/mol. The van der Waals surface area contributed by atoms with Crippen molar-refractivity contribution < 1.29 is 4.79 Å². The Morgan fingerprint density at radius 3 is 2.83 bits per heavy atom. The van der Waals surface area contributed by atoms with Crippen LogP contribution in [0.1, 0.15) is 16.1 Å². The third-order valence-electron chi connectivity index (χ3n) is 3.54. The van der Waals surface area contributed by atoms with E-state index in [1.807, 2.05) is 13.0 Å². The van der Waals surface area contributed by atoms with Crippen molar-refractivity contribution in [2.24, 2.45) is 7.05 Å². The molecule has 120 valence electrons. The van der Waals surface area contributed by atoms with E-state index in [0.717, 1.165) is 20.9 Å². The minimum absolute atomic E-state index is 0.0747. The molecule has 1 N–H and O–H groups in total. The number of fused-ring (bicyclic) bond motifs is 1. The number of carbonyl (C=O) groups is 1. The number of rotatable bonds is 4. The van der Waals surface area contributed by atoms with Gasteiger partial charge in [-0.3, -0.25) is 9.48 Å². The Labute approximate surface area is 142 Å². The van der Waals surface area contributed by atoms with E-state index in [0.29, 0.717) is 11.6 Å². The number of anilines is 1. The zero-order chi connectivity index (χ0) is 16.6. The molecule has 0 spiro atoms. The fourth-order valence-corrected chi connectivity index (χ4v) is 4.22. The maximum absolute atomic E-state index is 12.2. The summed E-state index contributed by atoms with van der Waals surface area (Å²) in [6, 6.07) is 1.85. The number of nitrogens with one attached hydrogen (secondary N) is 1. The third-order valence-corrected chi connectivity index (χ3v) is 5.64. The van der Waals surface area contributed by atoms with E-state index in [1.54, 1.807) is 29.4 Å². The summed E-state index contributed by atoms with van der Waals surface area (Å²) >= 11 is 3.09. The fourth-order valence-electron chi connectivity index (χ4n) is 2.30. The first-order chi connectivity index (χ1) is 11.0. The number of thioether (sulfide) groups is 1. The van der Waals surface area contributed by atoms with Crippen LogP contribution in [0.2, 0.25) is 0 Å². The summed E-state index contributed by atoms with van der Waals surface area (Å²) in [4.78, 5) is 23.0. The van der Waals surface area contributed by atoms with E-state index in [2.05, 4.69) is 34.2 Å². The van der Waals surface area contributed by atoms with Gasteiger partial charge in [-0.2, -0.15) is 5.10 Å². The van der Waals surface area contributed by atoms with E-state index in [4.69, 9.17) is 0 Å². The zero-order valence-corrected chi connectivity index (χ0v) is 15.0. The predicted molar refractivity (Wildman–Crippen MR) is 94.2 cm³/mol. The van der Waals surface area contributed by atoms with Crippen molar-refractivity contribution in [1.82, 2.24) is 19.7 Å². The molecule has 0 aliphatic rings. The van der Waals surface area contributed by atoms with Crippen LogP contribution in [0.5, 0.6) is 0 Å². The van der Waals surface area contributed by atoms with Crippen LogP contribution in [0.15, 0.2) is 17.4 Å².